The van der Waals surface area contributed by atoms with Crippen LogP contribution in [0.1, 0.15) is 6.92 Å². The van der Waals surface area contributed by atoms with Crippen molar-refractivity contribution < 1.29 is 24.1 Å². The summed E-state index contributed by atoms with van der Waals surface area (Å²) in [4.78, 5) is 0. The summed E-state index contributed by atoms with van der Waals surface area (Å²) in [6, 6.07) is 0.00683. The number of aliphatic hydroxyl groups is 1. The van der Waals surface area contributed by atoms with Crippen LogP contribution in [0.3, 0.4) is 0 Å². The fourth-order valence-electron chi connectivity index (χ4n) is 1.27. The lowest BCUT2D eigenvalue weighted by atomic mass is 10.3. The molecule has 0 aliphatic carbocycles. The first-order valence-electron chi connectivity index (χ1n) is 6.41. The van der Waals surface area contributed by atoms with Crippen molar-refractivity contribution >= 4 is 0 Å². The highest BCUT2D eigenvalue weighted by molar-refractivity contribution is 4.62. The van der Waals surface area contributed by atoms with Gasteiger partial charge in [-0.2, -0.15) is 0 Å². The molecule has 1 unspecified atom stereocenters. The number of ether oxygens (including phenoxy) is 4. The van der Waals surface area contributed by atoms with Crippen LogP contribution in [-0.4, -0.2) is 77.7 Å². The third kappa shape index (κ3) is 12.2. The van der Waals surface area contributed by atoms with E-state index in [1.807, 2.05) is 6.92 Å². The normalized spacial score (nSPS) is 12.8. The summed E-state index contributed by atoms with van der Waals surface area (Å²) in [5.74, 6) is 0. The van der Waals surface area contributed by atoms with Gasteiger partial charge < -0.3 is 29.4 Å². The number of hydrogen-bond donors (Lipinski definition) is 2. The smallest absolute Gasteiger partial charge is 0.0701 e. The van der Waals surface area contributed by atoms with E-state index in [4.69, 9.17) is 24.1 Å². The summed E-state index contributed by atoms with van der Waals surface area (Å²) in [6.07, 6.45) is 0. The van der Waals surface area contributed by atoms with E-state index in [-0.39, 0.29) is 12.6 Å². The minimum atomic E-state index is 0.00683. The Bertz CT molecular complexity index is 159. The number of methoxy groups -OCH3 is 1. The Morgan fingerprint density at radius 3 is 2.00 bits per heavy atom. The second-order valence-electron chi connectivity index (χ2n) is 3.73. The van der Waals surface area contributed by atoms with Gasteiger partial charge in [-0.3, -0.25) is 0 Å². The van der Waals surface area contributed by atoms with Crippen LogP contribution >= 0.6 is 0 Å². The molecule has 0 aliphatic heterocycles. The van der Waals surface area contributed by atoms with Gasteiger partial charge in [-0.15, -0.1) is 0 Å². The number of rotatable bonds is 14. The molecule has 0 heterocycles. The molecule has 6 nitrogen and oxygen atoms in total. The first kappa shape index (κ1) is 17.8. The highest BCUT2D eigenvalue weighted by Crippen LogP contribution is 1.86. The van der Waals surface area contributed by atoms with Crippen LogP contribution in [0, 0.1) is 0 Å². The maximum absolute atomic E-state index is 9.00. The first-order chi connectivity index (χ1) is 8.85. The van der Waals surface area contributed by atoms with Crippen molar-refractivity contribution in [2.45, 2.75) is 13.0 Å². The van der Waals surface area contributed by atoms with Crippen molar-refractivity contribution in [3.05, 3.63) is 0 Å². The second kappa shape index (κ2) is 14.8. The van der Waals surface area contributed by atoms with E-state index in [0.29, 0.717) is 46.2 Å². The molecule has 6 heteroatoms. The number of nitrogens with one attached hydrogen (secondary N) is 1. The van der Waals surface area contributed by atoms with Crippen LogP contribution in [0.25, 0.3) is 0 Å². The van der Waals surface area contributed by atoms with E-state index in [1.54, 1.807) is 7.11 Å². The topological polar surface area (TPSA) is 69.2 Å². The fourth-order valence-corrected chi connectivity index (χ4v) is 1.27. The van der Waals surface area contributed by atoms with Gasteiger partial charge in [0.25, 0.3) is 0 Å². The molecule has 0 saturated heterocycles. The molecule has 0 aliphatic rings. The van der Waals surface area contributed by atoms with Crippen molar-refractivity contribution in [2.75, 3.05) is 66.5 Å². The molecule has 0 bridgehead atoms. The molecular formula is C12H27NO5. The zero-order chi connectivity index (χ0) is 13.5. The Hall–Kier alpha value is -0.240. The average molecular weight is 265 g/mol. The van der Waals surface area contributed by atoms with Crippen LogP contribution in [0.15, 0.2) is 0 Å². The highest BCUT2D eigenvalue weighted by atomic mass is 16.6. The zero-order valence-electron chi connectivity index (χ0n) is 11.5. The summed E-state index contributed by atoms with van der Waals surface area (Å²) in [5, 5.41) is 12.1. The van der Waals surface area contributed by atoms with Gasteiger partial charge >= 0.3 is 0 Å². The molecule has 2 N–H and O–H groups in total. The van der Waals surface area contributed by atoms with E-state index in [1.165, 1.54) is 0 Å². The van der Waals surface area contributed by atoms with Crippen LogP contribution in [0.4, 0.5) is 0 Å². The Morgan fingerprint density at radius 1 is 0.944 bits per heavy atom. The molecule has 0 aromatic rings. The Labute approximate surface area is 110 Å². The minimum Gasteiger partial charge on any atom is -0.395 e. The Morgan fingerprint density at radius 2 is 1.50 bits per heavy atom. The molecule has 0 rings (SSSR count). The van der Waals surface area contributed by atoms with Gasteiger partial charge in [-0.05, 0) is 6.54 Å². The lowest BCUT2D eigenvalue weighted by molar-refractivity contribution is -0.00137. The maximum Gasteiger partial charge on any atom is 0.0701 e. The van der Waals surface area contributed by atoms with E-state index in [0.717, 1.165) is 6.54 Å². The third-order valence-electron chi connectivity index (χ3n) is 2.21. The van der Waals surface area contributed by atoms with Gasteiger partial charge in [0.1, 0.15) is 0 Å². The second-order valence-corrected chi connectivity index (χ2v) is 3.73. The van der Waals surface area contributed by atoms with Crippen LogP contribution in [0.5, 0.6) is 0 Å². The Kier molecular flexibility index (Phi) is 14.6. The van der Waals surface area contributed by atoms with Crippen molar-refractivity contribution in [2.24, 2.45) is 0 Å². The monoisotopic (exact) mass is 265 g/mol. The van der Waals surface area contributed by atoms with Gasteiger partial charge in [0.05, 0.1) is 58.9 Å². The highest BCUT2D eigenvalue weighted by Gasteiger charge is 2.04. The zero-order valence-corrected chi connectivity index (χ0v) is 11.5. The standard InChI is InChI=1S/C12H27NO5/c1-3-13-12(10-14)11-18-9-8-17-7-6-16-5-4-15-2/h12-14H,3-11H2,1-2H3. The molecule has 0 spiro atoms. The molecule has 0 aromatic carbocycles. The van der Waals surface area contributed by atoms with E-state index in [2.05, 4.69) is 5.32 Å². The van der Waals surface area contributed by atoms with Gasteiger partial charge in [0.15, 0.2) is 0 Å². The fraction of sp³-hybridized carbons (Fsp3) is 1.00. The summed E-state index contributed by atoms with van der Waals surface area (Å²) in [6.45, 7) is 6.80. The molecule has 18 heavy (non-hydrogen) atoms. The first-order valence-corrected chi connectivity index (χ1v) is 6.41. The number of likely N-dealkylation sites (N-methyl/N-ethyl adjacent to an activating group) is 1. The van der Waals surface area contributed by atoms with E-state index < -0.39 is 0 Å². The molecule has 0 saturated carbocycles. The minimum absolute atomic E-state index is 0.00683. The predicted molar refractivity (Wildman–Crippen MR) is 68.9 cm³/mol. The lowest BCUT2D eigenvalue weighted by Gasteiger charge is -2.15. The predicted octanol–water partition coefficient (Wildman–Crippen LogP) is -0.347. The number of aliphatic hydroxyl groups excluding tert-OH is 1. The molecule has 0 aromatic heterocycles. The largest absolute Gasteiger partial charge is 0.395 e. The SMILES string of the molecule is CCNC(CO)COCCOCCOCCOC. The molecular weight excluding hydrogens is 238 g/mol. The van der Waals surface area contributed by atoms with Crippen molar-refractivity contribution in [1.82, 2.24) is 5.32 Å². The summed E-state index contributed by atoms with van der Waals surface area (Å²) in [7, 11) is 1.64. The van der Waals surface area contributed by atoms with Gasteiger partial charge in [-0.25, -0.2) is 0 Å². The average Bonchev–Trinajstić information content (AvgIpc) is 2.39. The van der Waals surface area contributed by atoms with E-state index >= 15 is 0 Å². The van der Waals surface area contributed by atoms with Crippen molar-refractivity contribution in [3.63, 3.8) is 0 Å². The third-order valence-corrected chi connectivity index (χ3v) is 2.21. The van der Waals surface area contributed by atoms with Gasteiger partial charge in [0, 0.05) is 7.11 Å². The van der Waals surface area contributed by atoms with Crippen LogP contribution in [0.2, 0.25) is 0 Å². The summed E-state index contributed by atoms with van der Waals surface area (Å²) < 4.78 is 20.8. The molecule has 1 atom stereocenters. The van der Waals surface area contributed by atoms with Crippen LogP contribution < -0.4 is 5.32 Å². The maximum atomic E-state index is 9.00. The van der Waals surface area contributed by atoms with Gasteiger partial charge in [-0.1, -0.05) is 6.92 Å². The molecule has 0 amide bonds. The quantitative estimate of drug-likeness (QED) is 0.419. The molecule has 0 fully saturated rings. The lowest BCUT2D eigenvalue weighted by Crippen LogP contribution is -2.36. The van der Waals surface area contributed by atoms with Gasteiger partial charge in [0.2, 0.25) is 0 Å². The van der Waals surface area contributed by atoms with Crippen molar-refractivity contribution in [1.29, 1.82) is 0 Å². The summed E-state index contributed by atoms with van der Waals surface area (Å²) in [5.41, 5.74) is 0. The Balaban J connectivity index is 3.10. The van der Waals surface area contributed by atoms with Crippen LogP contribution in [-0.2, 0) is 18.9 Å². The van der Waals surface area contributed by atoms with Crippen molar-refractivity contribution in [3.8, 4) is 0 Å². The molecule has 0 radical (unpaired) electrons. The number of hydrogen-bond acceptors (Lipinski definition) is 6. The van der Waals surface area contributed by atoms with E-state index in [9.17, 15) is 0 Å². The summed E-state index contributed by atoms with van der Waals surface area (Å²) >= 11 is 0. The molecule has 110 valence electrons.